The molecule has 1 amide bonds. The molecule has 6 nitrogen and oxygen atoms in total. The summed E-state index contributed by atoms with van der Waals surface area (Å²) in [6.45, 7) is 0.960. The molecule has 0 bridgehead atoms. The van der Waals surface area contributed by atoms with Crippen molar-refractivity contribution in [3.8, 4) is 0 Å². The van der Waals surface area contributed by atoms with Gasteiger partial charge >= 0.3 is 0 Å². The van der Waals surface area contributed by atoms with Gasteiger partial charge in [0.25, 0.3) is 0 Å². The predicted molar refractivity (Wildman–Crippen MR) is 101 cm³/mol. The molecule has 1 saturated heterocycles. The van der Waals surface area contributed by atoms with Crippen molar-refractivity contribution in [2.45, 2.75) is 38.3 Å². The van der Waals surface area contributed by atoms with Crippen LogP contribution in [0.5, 0.6) is 0 Å². The minimum atomic E-state index is -0.110. The van der Waals surface area contributed by atoms with Gasteiger partial charge in [0.1, 0.15) is 18.3 Å². The van der Waals surface area contributed by atoms with Crippen LogP contribution in [0.25, 0.3) is 0 Å². The molecule has 1 aliphatic rings. The summed E-state index contributed by atoms with van der Waals surface area (Å²) < 4.78 is 7.66. The van der Waals surface area contributed by atoms with E-state index >= 15 is 0 Å². The van der Waals surface area contributed by atoms with Gasteiger partial charge in [-0.2, -0.15) is 5.10 Å². The van der Waals surface area contributed by atoms with Crippen molar-refractivity contribution in [3.63, 3.8) is 0 Å². The molecule has 3 heterocycles. The molecule has 1 aliphatic heterocycles. The highest BCUT2D eigenvalue weighted by Gasteiger charge is 2.31. The smallest absolute Gasteiger partial charge is 0.244 e. The van der Waals surface area contributed by atoms with Crippen LogP contribution in [0.2, 0.25) is 5.02 Å². The number of aromatic nitrogens is 3. The van der Waals surface area contributed by atoms with Gasteiger partial charge in [-0.15, -0.1) is 0 Å². The highest BCUT2D eigenvalue weighted by molar-refractivity contribution is 6.30. The summed E-state index contributed by atoms with van der Waals surface area (Å²) in [7, 11) is 0. The zero-order valence-corrected chi connectivity index (χ0v) is 15.7. The normalized spacial score (nSPS) is 17.2. The standard InChI is InChI=1S/C20H21ClN4O2/c21-16-7-5-15(6-8-16)12-17-13-22-20(27-17)18-4-1-2-11-25(18)19(26)14-24-10-3-9-23-24/h3,5-10,13,18H,1-2,4,11-12,14H2. The van der Waals surface area contributed by atoms with Crippen LogP contribution < -0.4 is 0 Å². The number of rotatable bonds is 5. The Morgan fingerprint density at radius 1 is 1.26 bits per heavy atom. The van der Waals surface area contributed by atoms with Gasteiger partial charge in [-0.3, -0.25) is 9.48 Å². The number of likely N-dealkylation sites (tertiary alicyclic amines) is 1. The second-order valence-electron chi connectivity index (χ2n) is 6.77. The highest BCUT2D eigenvalue weighted by atomic mass is 35.5. The lowest BCUT2D eigenvalue weighted by Crippen LogP contribution is -2.40. The molecule has 7 heteroatoms. The molecule has 140 valence electrons. The number of amides is 1. The largest absolute Gasteiger partial charge is 0.443 e. The maximum absolute atomic E-state index is 12.8. The molecule has 27 heavy (non-hydrogen) atoms. The van der Waals surface area contributed by atoms with Crippen molar-refractivity contribution in [2.75, 3.05) is 6.54 Å². The first-order chi connectivity index (χ1) is 13.2. The summed E-state index contributed by atoms with van der Waals surface area (Å²) in [5.41, 5.74) is 1.11. The van der Waals surface area contributed by atoms with E-state index < -0.39 is 0 Å². The van der Waals surface area contributed by atoms with Crippen LogP contribution in [-0.2, 0) is 17.8 Å². The molecule has 1 fully saturated rings. The maximum atomic E-state index is 12.8. The molecule has 1 unspecified atom stereocenters. The molecule has 0 aliphatic carbocycles. The number of oxazole rings is 1. The van der Waals surface area contributed by atoms with E-state index in [0.717, 1.165) is 37.1 Å². The quantitative estimate of drug-likeness (QED) is 0.669. The number of halogens is 1. The van der Waals surface area contributed by atoms with E-state index in [4.69, 9.17) is 16.0 Å². The number of piperidine rings is 1. The molecule has 0 spiro atoms. The number of hydrogen-bond acceptors (Lipinski definition) is 4. The van der Waals surface area contributed by atoms with Crippen LogP contribution in [0.15, 0.2) is 53.3 Å². The molecule has 1 aromatic carbocycles. The third kappa shape index (κ3) is 4.22. The zero-order valence-electron chi connectivity index (χ0n) is 14.9. The highest BCUT2D eigenvalue weighted by Crippen LogP contribution is 2.31. The minimum absolute atomic E-state index is 0.0425. The predicted octanol–water partition coefficient (Wildman–Crippen LogP) is 3.87. The van der Waals surface area contributed by atoms with E-state index in [1.54, 1.807) is 23.3 Å². The first kappa shape index (κ1) is 17.8. The SMILES string of the molecule is O=C(Cn1cccn1)N1CCCCC1c1ncc(Cc2ccc(Cl)cc2)o1. The van der Waals surface area contributed by atoms with Gasteiger partial charge in [-0.25, -0.2) is 4.98 Å². The summed E-state index contributed by atoms with van der Waals surface area (Å²) in [6, 6.07) is 9.39. The fourth-order valence-corrected chi connectivity index (χ4v) is 3.60. The van der Waals surface area contributed by atoms with Gasteiger partial charge in [0.2, 0.25) is 11.8 Å². The summed E-state index contributed by atoms with van der Waals surface area (Å²) in [5, 5.41) is 4.84. The monoisotopic (exact) mass is 384 g/mol. The Kier molecular flexibility index (Phi) is 5.25. The Morgan fingerprint density at radius 2 is 2.11 bits per heavy atom. The van der Waals surface area contributed by atoms with Crippen LogP contribution in [0.1, 0.15) is 42.5 Å². The zero-order chi connectivity index (χ0) is 18.6. The van der Waals surface area contributed by atoms with E-state index in [1.165, 1.54) is 0 Å². The summed E-state index contributed by atoms with van der Waals surface area (Å²) in [4.78, 5) is 19.1. The van der Waals surface area contributed by atoms with Crippen molar-refractivity contribution in [1.82, 2.24) is 19.7 Å². The topological polar surface area (TPSA) is 64.2 Å². The van der Waals surface area contributed by atoms with Crippen LogP contribution in [0, 0.1) is 0 Å². The molecule has 3 aromatic rings. The lowest BCUT2D eigenvalue weighted by atomic mass is 10.0. The lowest BCUT2D eigenvalue weighted by molar-refractivity contribution is -0.136. The maximum Gasteiger partial charge on any atom is 0.244 e. The Labute approximate surface area is 162 Å². The van der Waals surface area contributed by atoms with Gasteiger partial charge < -0.3 is 9.32 Å². The average Bonchev–Trinajstić information content (AvgIpc) is 3.36. The van der Waals surface area contributed by atoms with Crippen LogP contribution in [0.3, 0.4) is 0 Å². The Bertz CT molecular complexity index is 889. The second-order valence-corrected chi connectivity index (χ2v) is 7.21. The molecule has 2 aromatic heterocycles. The summed E-state index contributed by atoms with van der Waals surface area (Å²) >= 11 is 5.94. The minimum Gasteiger partial charge on any atom is -0.443 e. The second kappa shape index (κ2) is 7.96. The van der Waals surface area contributed by atoms with E-state index in [2.05, 4.69) is 10.1 Å². The Balaban J connectivity index is 1.47. The number of carbonyl (C=O) groups excluding carboxylic acids is 1. The number of carbonyl (C=O) groups is 1. The molecule has 4 rings (SSSR count). The van der Waals surface area contributed by atoms with Crippen LogP contribution in [-0.4, -0.2) is 32.1 Å². The van der Waals surface area contributed by atoms with Crippen LogP contribution in [0.4, 0.5) is 0 Å². The van der Waals surface area contributed by atoms with Gasteiger partial charge in [0.15, 0.2) is 0 Å². The van der Waals surface area contributed by atoms with Crippen molar-refractivity contribution in [2.24, 2.45) is 0 Å². The number of benzene rings is 1. The number of nitrogens with zero attached hydrogens (tertiary/aromatic N) is 4. The fraction of sp³-hybridized carbons (Fsp3) is 0.350. The van der Waals surface area contributed by atoms with Gasteiger partial charge in [-0.05, 0) is 43.0 Å². The van der Waals surface area contributed by atoms with E-state index in [9.17, 15) is 4.79 Å². The average molecular weight is 385 g/mol. The van der Waals surface area contributed by atoms with Crippen molar-refractivity contribution in [3.05, 3.63) is 71.2 Å². The summed E-state index contributed by atoms with van der Waals surface area (Å²) in [6.07, 6.45) is 8.81. The summed E-state index contributed by atoms with van der Waals surface area (Å²) in [5.74, 6) is 1.45. The van der Waals surface area contributed by atoms with Crippen molar-refractivity contribution in [1.29, 1.82) is 0 Å². The molecular weight excluding hydrogens is 364 g/mol. The van der Waals surface area contributed by atoms with E-state index in [1.807, 2.05) is 35.2 Å². The molecule has 1 atom stereocenters. The van der Waals surface area contributed by atoms with Gasteiger partial charge in [-0.1, -0.05) is 23.7 Å². The molecule has 0 radical (unpaired) electrons. The molecular formula is C20H21ClN4O2. The number of hydrogen-bond donors (Lipinski definition) is 0. The third-order valence-electron chi connectivity index (χ3n) is 4.83. The third-order valence-corrected chi connectivity index (χ3v) is 5.08. The molecule has 0 saturated carbocycles. The van der Waals surface area contributed by atoms with E-state index in [0.29, 0.717) is 17.3 Å². The van der Waals surface area contributed by atoms with E-state index in [-0.39, 0.29) is 18.5 Å². The van der Waals surface area contributed by atoms with Crippen molar-refractivity contribution < 1.29 is 9.21 Å². The van der Waals surface area contributed by atoms with Gasteiger partial charge in [0, 0.05) is 30.4 Å². The Hall–Kier alpha value is -2.60. The van der Waals surface area contributed by atoms with Crippen LogP contribution >= 0.6 is 11.6 Å². The lowest BCUT2D eigenvalue weighted by Gasteiger charge is -2.33. The van der Waals surface area contributed by atoms with Crippen molar-refractivity contribution >= 4 is 17.5 Å². The first-order valence-electron chi connectivity index (χ1n) is 9.15. The fourth-order valence-electron chi connectivity index (χ4n) is 3.47. The first-order valence-corrected chi connectivity index (χ1v) is 9.53. The molecule has 0 N–H and O–H groups in total. The Morgan fingerprint density at radius 3 is 2.89 bits per heavy atom. The van der Waals surface area contributed by atoms with Gasteiger partial charge in [0.05, 0.1) is 6.20 Å².